The molecule has 0 bridgehead atoms. The number of fused-ring (bicyclic) bond motifs is 1. The van der Waals surface area contributed by atoms with Crippen LogP contribution in [0.25, 0.3) is 0 Å². The summed E-state index contributed by atoms with van der Waals surface area (Å²) in [4.78, 5) is 0. The average Bonchev–Trinajstić information content (AvgIpc) is 2.30. The highest BCUT2D eigenvalue weighted by Gasteiger charge is 2.65. The van der Waals surface area contributed by atoms with Gasteiger partial charge in [0.05, 0.1) is 0 Å². The number of hydrogen-bond acceptors (Lipinski definition) is 3. The smallest absolute Gasteiger partial charge is 0.421 e. The molecule has 0 atom stereocenters. The Morgan fingerprint density at radius 1 is 0.947 bits per heavy atom. The molecule has 0 fully saturated rings. The molecule has 0 unspecified atom stereocenters. The zero-order valence-electron chi connectivity index (χ0n) is 9.97. The molecule has 0 radical (unpaired) electrons. The van der Waals surface area contributed by atoms with Gasteiger partial charge < -0.3 is 15.2 Å². The number of nitrogens with two attached hydrogens (primary N) is 1. The zero-order chi connectivity index (χ0) is 14.1. The predicted molar refractivity (Wildman–Crippen MR) is 59.6 cm³/mol. The lowest BCUT2D eigenvalue weighted by molar-refractivity contribution is -0.391. The summed E-state index contributed by atoms with van der Waals surface area (Å²) in [6.45, 7) is 0.537. The maximum atomic E-state index is 13.0. The number of benzene rings is 1. The first-order valence-electron chi connectivity index (χ1n) is 5.82. The van der Waals surface area contributed by atoms with Gasteiger partial charge in [0.2, 0.25) is 0 Å². The van der Waals surface area contributed by atoms with Gasteiger partial charge in [-0.1, -0.05) is 6.07 Å². The van der Waals surface area contributed by atoms with E-state index in [9.17, 15) is 17.6 Å². The fourth-order valence-electron chi connectivity index (χ4n) is 1.74. The van der Waals surface area contributed by atoms with Crippen molar-refractivity contribution < 1.29 is 27.0 Å². The molecule has 3 nitrogen and oxygen atoms in total. The Morgan fingerprint density at radius 2 is 1.58 bits per heavy atom. The van der Waals surface area contributed by atoms with E-state index in [4.69, 9.17) is 5.73 Å². The van der Waals surface area contributed by atoms with Gasteiger partial charge in [-0.2, -0.15) is 17.6 Å². The molecule has 7 heteroatoms. The SMILES string of the molecule is NCCCCc1ccc2c(c1)OC(F)(F)C(F)(F)O2. The van der Waals surface area contributed by atoms with Gasteiger partial charge in [0.25, 0.3) is 0 Å². The summed E-state index contributed by atoms with van der Waals surface area (Å²) < 4.78 is 59.8. The lowest BCUT2D eigenvalue weighted by Gasteiger charge is -2.31. The van der Waals surface area contributed by atoms with Crippen LogP contribution < -0.4 is 15.2 Å². The molecular weight excluding hydrogens is 266 g/mol. The molecule has 1 aromatic rings. The van der Waals surface area contributed by atoms with Gasteiger partial charge in [-0.05, 0) is 43.5 Å². The Morgan fingerprint density at radius 3 is 2.21 bits per heavy atom. The van der Waals surface area contributed by atoms with Gasteiger partial charge in [0.15, 0.2) is 11.5 Å². The first-order valence-corrected chi connectivity index (χ1v) is 5.82. The molecule has 1 heterocycles. The maximum absolute atomic E-state index is 13.0. The molecule has 0 aliphatic carbocycles. The molecule has 0 saturated carbocycles. The van der Waals surface area contributed by atoms with E-state index in [1.54, 1.807) is 0 Å². The van der Waals surface area contributed by atoms with E-state index in [1.165, 1.54) is 18.2 Å². The number of unbranched alkanes of at least 4 members (excludes halogenated alkanes) is 1. The summed E-state index contributed by atoms with van der Waals surface area (Å²) in [5.74, 6) is -0.764. The van der Waals surface area contributed by atoms with E-state index in [-0.39, 0.29) is 5.75 Å². The predicted octanol–water partition coefficient (Wildman–Crippen LogP) is 2.92. The quantitative estimate of drug-likeness (QED) is 0.680. The van der Waals surface area contributed by atoms with E-state index in [0.29, 0.717) is 18.5 Å². The van der Waals surface area contributed by atoms with Crippen molar-refractivity contribution in [3.8, 4) is 11.5 Å². The highest BCUT2D eigenvalue weighted by Crippen LogP contribution is 2.47. The maximum Gasteiger partial charge on any atom is 0.507 e. The van der Waals surface area contributed by atoms with Crippen LogP contribution >= 0.6 is 0 Å². The number of aryl methyl sites for hydroxylation is 1. The first kappa shape index (κ1) is 13.9. The topological polar surface area (TPSA) is 44.5 Å². The van der Waals surface area contributed by atoms with Gasteiger partial charge in [-0.15, -0.1) is 0 Å². The minimum Gasteiger partial charge on any atom is -0.421 e. The van der Waals surface area contributed by atoms with Crippen LogP contribution in [0.1, 0.15) is 18.4 Å². The van der Waals surface area contributed by atoms with Crippen molar-refractivity contribution in [2.24, 2.45) is 5.73 Å². The molecule has 0 spiro atoms. The Hall–Kier alpha value is -1.50. The van der Waals surface area contributed by atoms with Crippen LogP contribution in [0, 0.1) is 0 Å². The third-order valence-electron chi connectivity index (χ3n) is 2.74. The van der Waals surface area contributed by atoms with Crippen molar-refractivity contribution in [1.82, 2.24) is 0 Å². The first-order chi connectivity index (χ1) is 8.86. The van der Waals surface area contributed by atoms with Crippen molar-refractivity contribution in [3.63, 3.8) is 0 Å². The van der Waals surface area contributed by atoms with Crippen LogP contribution in [-0.2, 0) is 6.42 Å². The van der Waals surface area contributed by atoms with Crippen LogP contribution in [0.15, 0.2) is 18.2 Å². The second kappa shape index (κ2) is 4.88. The molecule has 1 aliphatic heterocycles. The largest absolute Gasteiger partial charge is 0.507 e. The molecule has 2 N–H and O–H groups in total. The third-order valence-corrected chi connectivity index (χ3v) is 2.74. The standard InChI is InChI=1S/C12H13F4NO2/c13-11(14)12(15,16)19-10-7-8(3-1-2-6-17)4-5-9(10)18-11/h4-5,7H,1-3,6,17H2. The Balaban J connectivity index is 2.18. The van der Waals surface area contributed by atoms with Crippen LogP contribution in [0.2, 0.25) is 0 Å². The molecule has 0 aromatic heterocycles. The molecule has 2 rings (SSSR count). The van der Waals surface area contributed by atoms with Gasteiger partial charge in [0, 0.05) is 0 Å². The van der Waals surface area contributed by atoms with Gasteiger partial charge in [-0.25, -0.2) is 0 Å². The van der Waals surface area contributed by atoms with Gasteiger partial charge in [-0.3, -0.25) is 0 Å². The van der Waals surface area contributed by atoms with Crippen molar-refractivity contribution >= 4 is 0 Å². The Bertz CT molecular complexity index is 465. The number of rotatable bonds is 4. The van der Waals surface area contributed by atoms with Crippen molar-refractivity contribution in [2.45, 2.75) is 31.5 Å². The monoisotopic (exact) mass is 279 g/mol. The fraction of sp³-hybridized carbons (Fsp3) is 0.500. The lowest BCUT2D eigenvalue weighted by atomic mass is 10.1. The van der Waals surface area contributed by atoms with Gasteiger partial charge in [0.1, 0.15) is 0 Å². The molecule has 1 aromatic carbocycles. The minimum atomic E-state index is -4.67. The minimum absolute atomic E-state index is 0.374. The van der Waals surface area contributed by atoms with Crippen molar-refractivity contribution in [2.75, 3.05) is 6.54 Å². The summed E-state index contributed by atoms with van der Waals surface area (Å²) >= 11 is 0. The third kappa shape index (κ3) is 2.75. The second-order valence-electron chi connectivity index (χ2n) is 4.26. The summed E-state index contributed by atoms with van der Waals surface area (Å²) in [5, 5.41) is 0. The molecule has 0 saturated heterocycles. The zero-order valence-corrected chi connectivity index (χ0v) is 9.97. The van der Waals surface area contributed by atoms with Crippen LogP contribution in [0.5, 0.6) is 11.5 Å². The number of hydrogen-bond donors (Lipinski definition) is 1. The van der Waals surface area contributed by atoms with Crippen LogP contribution in [0.4, 0.5) is 17.6 Å². The van der Waals surface area contributed by atoms with Gasteiger partial charge >= 0.3 is 12.2 Å². The van der Waals surface area contributed by atoms with E-state index < -0.39 is 18.0 Å². The molecular formula is C12H13F4NO2. The molecule has 1 aliphatic rings. The lowest BCUT2D eigenvalue weighted by Crippen LogP contribution is -2.52. The van der Waals surface area contributed by atoms with E-state index in [0.717, 1.165) is 12.8 Å². The average molecular weight is 279 g/mol. The number of alkyl halides is 4. The van der Waals surface area contributed by atoms with Crippen molar-refractivity contribution in [1.29, 1.82) is 0 Å². The number of ether oxygens (including phenoxy) is 2. The molecule has 0 amide bonds. The van der Waals surface area contributed by atoms with Crippen LogP contribution in [-0.4, -0.2) is 18.8 Å². The van der Waals surface area contributed by atoms with Crippen molar-refractivity contribution in [3.05, 3.63) is 23.8 Å². The normalized spacial score (nSPS) is 19.2. The summed E-state index contributed by atoms with van der Waals surface area (Å²) in [7, 11) is 0. The summed E-state index contributed by atoms with van der Waals surface area (Å²) in [6, 6.07) is 4.03. The summed E-state index contributed by atoms with van der Waals surface area (Å²) in [6.07, 6.45) is -7.15. The van der Waals surface area contributed by atoms with E-state index in [1.807, 2.05) is 0 Å². The summed E-state index contributed by atoms with van der Waals surface area (Å²) in [5.41, 5.74) is 6.05. The van der Waals surface area contributed by atoms with Crippen LogP contribution in [0.3, 0.4) is 0 Å². The van der Waals surface area contributed by atoms with E-state index in [2.05, 4.69) is 9.47 Å². The highest BCUT2D eigenvalue weighted by atomic mass is 19.3. The highest BCUT2D eigenvalue weighted by molar-refractivity contribution is 5.44. The Labute approximate surface area is 107 Å². The molecule has 19 heavy (non-hydrogen) atoms. The van der Waals surface area contributed by atoms with E-state index >= 15 is 0 Å². The number of halogens is 4. The Kier molecular flexibility index (Phi) is 3.58. The fourth-order valence-corrected chi connectivity index (χ4v) is 1.74. The molecule has 106 valence electrons. The second-order valence-corrected chi connectivity index (χ2v) is 4.26.